The second-order valence-corrected chi connectivity index (χ2v) is 11.1. The highest BCUT2D eigenvalue weighted by atomic mass is 32.2. The van der Waals surface area contributed by atoms with E-state index in [0.717, 1.165) is 0 Å². The Bertz CT molecular complexity index is 1600. The Morgan fingerprint density at radius 1 is 0.975 bits per heavy atom. The van der Waals surface area contributed by atoms with Crippen LogP contribution in [0.4, 0.5) is 23.0 Å². The lowest BCUT2D eigenvalue weighted by Gasteiger charge is -2.20. The number of fused-ring (bicyclic) bond motifs is 1. The van der Waals surface area contributed by atoms with Gasteiger partial charge in [-0.3, -0.25) is 14.4 Å². The first-order valence-corrected chi connectivity index (χ1v) is 14.0. The number of hydrogen-bond acceptors (Lipinski definition) is 9. The molecule has 0 aliphatic rings. The molecule has 0 atom stereocenters. The van der Waals surface area contributed by atoms with Crippen molar-refractivity contribution >= 4 is 50.0 Å². The molecule has 0 fully saturated rings. The number of hydrogen-bond donors (Lipinski definition) is 4. The number of para-hydroxylation sites is 2. The van der Waals surface area contributed by atoms with Crippen molar-refractivity contribution in [3.63, 3.8) is 0 Å². The number of likely N-dealkylation sites (N-methyl/N-ethyl adjacent to an activating group) is 1. The average molecular weight is 565 g/mol. The highest BCUT2D eigenvalue weighted by Gasteiger charge is 2.20. The Balaban J connectivity index is 1.66. The molecule has 11 nitrogen and oxygen atoms in total. The molecule has 1 heterocycles. The number of aromatic nitrogens is 2. The number of sulfonamides is 1. The zero-order valence-corrected chi connectivity index (χ0v) is 23.5. The molecule has 0 spiro atoms. The molecule has 0 saturated heterocycles. The lowest BCUT2D eigenvalue weighted by Crippen LogP contribution is -2.34. The van der Waals surface area contributed by atoms with Crippen molar-refractivity contribution in [2.45, 2.75) is 31.4 Å². The zero-order chi connectivity index (χ0) is 28.9. The smallest absolute Gasteiger partial charge is 0.263 e. The van der Waals surface area contributed by atoms with E-state index in [9.17, 15) is 18.3 Å². The van der Waals surface area contributed by atoms with Crippen molar-refractivity contribution in [3.8, 4) is 5.75 Å². The molecule has 0 bridgehead atoms. The SMILES string of the molecule is COc1cc(CO)cc(Nc2nc3ccccc3nc2NS(=O)(=O)c2cccc(NC(=O)CN(C)C(C)C)c2)c1. The summed E-state index contributed by atoms with van der Waals surface area (Å²) >= 11 is 0. The maximum Gasteiger partial charge on any atom is 0.263 e. The molecule has 1 amide bonds. The van der Waals surface area contributed by atoms with Crippen LogP contribution in [-0.2, 0) is 21.4 Å². The van der Waals surface area contributed by atoms with Crippen LogP contribution in [0.25, 0.3) is 11.0 Å². The Labute approximate surface area is 233 Å². The molecule has 4 aromatic rings. The molecule has 0 saturated carbocycles. The van der Waals surface area contributed by atoms with Crippen molar-refractivity contribution in [2.75, 3.05) is 36.1 Å². The quantitative estimate of drug-likeness (QED) is 0.213. The molecule has 40 heavy (non-hydrogen) atoms. The van der Waals surface area contributed by atoms with Crippen LogP contribution in [0, 0.1) is 0 Å². The number of amides is 1. The van der Waals surface area contributed by atoms with Crippen molar-refractivity contribution < 1.29 is 23.1 Å². The highest BCUT2D eigenvalue weighted by Crippen LogP contribution is 2.30. The Morgan fingerprint density at radius 2 is 1.68 bits per heavy atom. The monoisotopic (exact) mass is 564 g/mol. The predicted molar refractivity (Wildman–Crippen MR) is 155 cm³/mol. The van der Waals surface area contributed by atoms with Gasteiger partial charge in [0.1, 0.15) is 5.75 Å². The van der Waals surface area contributed by atoms with Gasteiger partial charge < -0.3 is 20.5 Å². The number of carbonyl (C=O) groups excluding carboxylic acids is 1. The van der Waals surface area contributed by atoms with E-state index < -0.39 is 10.0 Å². The van der Waals surface area contributed by atoms with E-state index in [1.54, 1.807) is 54.6 Å². The van der Waals surface area contributed by atoms with Gasteiger partial charge in [-0.15, -0.1) is 0 Å². The van der Waals surface area contributed by atoms with Crippen molar-refractivity contribution in [1.29, 1.82) is 0 Å². The fraction of sp³-hybridized carbons (Fsp3) is 0.250. The summed E-state index contributed by atoms with van der Waals surface area (Å²) in [6.07, 6.45) is 0. The first-order valence-electron chi connectivity index (χ1n) is 12.5. The number of ether oxygens (including phenoxy) is 1. The van der Waals surface area contributed by atoms with Crippen LogP contribution < -0.4 is 20.1 Å². The highest BCUT2D eigenvalue weighted by molar-refractivity contribution is 7.92. The third-order valence-electron chi connectivity index (χ3n) is 6.15. The summed E-state index contributed by atoms with van der Waals surface area (Å²) in [6.45, 7) is 3.90. The Morgan fingerprint density at radius 3 is 2.33 bits per heavy atom. The number of benzene rings is 3. The largest absolute Gasteiger partial charge is 0.497 e. The zero-order valence-electron chi connectivity index (χ0n) is 22.7. The van der Waals surface area contributed by atoms with Crippen LogP contribution in [0.15, 0.2) is 71.6 Å². The molecule has 0 aliphatic heterocycles. The number of methoxy groups -OCH3 is 1. The molecule has 1 aromatic heterocycles. The number of rotatable bonds is 11. The Hall–Kier alpha value is -4.26. The van der Waals surface area contributed by atoms with Gasteiger partial charge in [0.15, 0.2) is 11.6 Å². The van der Waals surface area contributed by atoms with Crippen molar-refractivity contribution in [2.24, 2.45) is 0 Å². The number of aliphatic hydroxyl groups is 1. The van der Waals surface area contributed by atoms with Crippen molar-refractivity contribution in [1.82, 2.24) is 14.9 Å². The van der Waals surface area contributed by atoms with Gasteiger partial charge in [0.25, 0.3) is 10.0 Å². The summed E-state index contributed by atoms with van der Waals surface area (Å²) in [5.74, 6) is 0.371. The minimum Gasteiger partial charge on any atom is -0.497 e. The number of carbonyl (C=O) groups is 1. The fourth-order valence-corrected chi connectivity index (χ4v) is 4.83. The summed E-state index contributed by atoms with van der Waals surface area (Å²) in [4.78, 5) is 23.4. The van der Waals surface area contributed by atoms with E-state index in [4.69, 9.17) is 4.74 Å². The van der Waals surface area contributed by atoms with Gasteiger partial charge in [-0.1, -0.05) is 18.2 Å². The Kier molecular flexibility index (Phi) is 8.83. The molecule has 0 radical (unpaired) electrons. The van der Waals surface area contributed by atoms with Crippen LogP contribution in [0.3, 0.4) is 0 Å². The van der Waals surface area contributed by atoms with Gasteiger partial charge in [-0.2, -0.15) is 0 Å². The first kappa shape index (κ1) is 28.7. The molecule has 210 valence electrons. The summed E-state index contributed by atoms with van der Waals surface area (Å²) in [6, 6.07) is 18.3. The van der Waals surface area contributed by atoms with Gasteiger partial charge in [-0.05, 0) is 68.9 Å². The molecule has 4 N–H and O–H groups in total. The van der Waals surface area contributed by atoms with Crippen LogP contribution in [0.5, 0.6) is 5.75 Å². The molecule has 3 aromatic carbocycles. The van der Waals surface area contributed by atoms with Gasteiger partial charge >= 0.3 is 0 Å². The maximum atomic E-state index is 13.5. The summed E-state index contributed by atoms with van der Waals surface area (Å²) in [5.41, 5.74) is 2.50. The van der Waals surface area contributed by atoms with E-state index in [2.05, 4.69) is 25.3 Å². The van der Waals surface area contributed by atoms with E-state index in [1.165, 1.54) is 19.2 Å². The molecule has 4 rings (SSSR count). The molecular weight excluding hydrogens is 532 g/mol. The van der Waals surface area contributed by atoms with Gasteiger partial charge in [-0.25, -0.2) is 18.4 Å². The third-order valence-corrected chi connectivity index (χ3v) is 7.49. The number of nitrogens with one attached hydrogen (secondary N) is 3. The predicted octanol–water partition coefficient (Wildman–Crippen LogP) is 3.95. The summed E-state index contributed by atoms with van der Waals surface area (Å²) in [5, 5.41) is 15.5. The standard InChI is InChI=1S/C28H32N6O5S/c1-18(2)34(3)16-26(36)29-20-8-7-9-23(15-20)40(37,38)33-28-27(31-24-10-5-6-11-25(24)32-28)30-21-12-19(17-35)13-22(14-21)39-4/h5-15,18,35H,16-17H2,1-4H3,(H,29,36)(H,30,31)(H,32,33). The first-order chi connectivity index (χ1) is 19.1. The van der Waals surface area contributed by atoms with E-state index in [-0.39, 0.29) is 41.6 Å². The normalized spacial score (nSPS) is 11.6. The minimum atomic E-state index is -4.14. The third kappa shape index (κ3) is 7.03. The lowest BCUT2D eigenvalue weighted by molar-refractivity contribution is -0.117. The van der Waals surface area contributed by atoms with Crippen molar-refractivity contribution in [3.05, 3.63) is 72.3 Å². The second-order valence-electron chi connectivity index (χ2n) is 9.45. The van der Waals surface area contributed by atoms with E-state index in [0.29, 0.717) is 33.7 Å². The van der Waals surface area contributed by atoms with Crippen LogP contribution in [0.1, 0.15) is 19.4 Å². The van der Waals surface area contributed by atoms with Crippen LogP contribution in [0.2, 0.25) is 0 Å². The van der Waals surface area contributed by atoms with Crippen LogP contribution >= 0.6 is 0 Å². The van der Waals surface area contributed by atoms with E-state index >= 15 is 0 Å². The second kappa shape index (κ2) is 12.3. The number of aliphatic hydroxyl groups excluding tert-OH is 1. The van der Waals surface area contributed by atoms with Gasteiger partial charge in [0.2, 0.25) is 5.91 Å². The summed E-state index contributed by atoms with van der Waals surface area (Å²) in [7, 11) is -0.793. The lowest BCUT2D eigenvalue weighted by atomic mass is 10.2. The topological polar surface area (TPSA) is 146 Å². The maximum absolute atomic E-state index is 13.5. The van der Waals surface area contributed by atoms with Gasteiger partial charge in [0, 0.05) is 23.5 Å². The fourth-order valence-electron chi connectivity index (χ4n) is 3.77. The van der Waals surface area contributed by atoms with Crippen LogP contribution in [-0.4, -0.2) is 61.0 Å². The molecule has 0 aliphatic carbocycles. The molecule has 0 unspecified atom stereocenters. The average Bonchev–Trinajstić information content (AvgIpc) is 2.93. The minimum absolute atomic E-state index is 0.0277. The molecule has 12 heteroatoms. The number of nitrogens with zero attached hydrogens (tertiary/aromatic N) is 3. The van der Waals surface area contributed by atoms with E-state index in [1.807, 2.05) is 25.8 Å². The molecular formula is C28H32N6O5S. The number of anilines is 4. The van der Waals surface area contributed by atoms with Gasteiger partial charge in [0.05, 0.1) is 36.2 Å². The summed E-state index contributed by atoms with van der Waals surface area (Å²) < 4.78 is 34.8.